The Kier molecular flexibility index (Phi) is 4.69. The molecule has 1 aromatic heterocycles. The van der Waals surface area contributed by atoms with Gasteiger partial charge >= 0.3 is 0 Å². The van der Waals surface area contributed by atoms with Crippen LogP contribution in [0.15, 0.2) is 12.1 Å². The van der Waals surface area contributed by atoms with Gasteiger partial charge in [0.15, 0.2) is 11.6 Å². The first-order valence-corrected chi connectivity index (χ1v) is 9.03. The van der Waals surface area contributed by atoms with Gasteiger partial charge in [-0.1, -0.05) is 0 Å². The first kappa shape index (κ1) is 17.7. The lowest BCUT2D eigenvalue weighted by molar-refractivity contribution is -0.141. The molecule has 1 aromatic carbocycles. The normalized spacial score (nSPS) is 20.3. The molecule has 4 rings (SSSR count). The van der Waals surface area contributed by atoms with Crippen LogP contribution in [0.2, 0.25) is 0 Å². The van der Waals surface area contributed by atoms with E-state index >= 15 is 0 Å². The number of nitrogen functional groups attached to an aromatic ring is 1. The number of piperazine rings is 1. The number of carbonyl (C=O) groups is 1. The summed E-state index contributed by atoms with van der Waals surface area (Å²) in [6.07, 6.45) is 1.42. The molecule has 1 unspecified atom stereocenters. The van der Waals surface area contributed by atoms with Crippen molar-refractivity contribution >= 4 is 28.6 Å². The summed E-state index contributed by atoms with van der Waals surface area (Å²) in [7, 11) is 1.40. The van der Waals surface area contributed by atoms with Crippen LogP contribution in [0.1, 0.15) is 12.8 Å². The Hall–Kier alpha value is -2.68. The zero-order valence-electron chi connectivity index (χ0n) is 15.2. The molecule has 144 valence electrons. The van der Waals surface area contributed by atoms with Crippen LogP contribution >= 0.6 is 0 Å². The Morgan fingerprint density at radius 2 is 2.07 bits per heavy atom. The summed E-state index contributed by atoms with van der Waals surface area (Å²) in [6, 6.07) is 2.80. The number of nitrogens with two attached hydrogens (primary N) is 1. The number of halogens is 1. The molecule has 8 nitrogen and oxygen atoms in total. The molecule has 2 N–H and O–H groups in total. The maximum absolute atomic E-state index is 14.0. The molecule has 9 heteroatoms. The van der Waals surface area contributed by atoms with E-state index in [1.807, 2.05) is 9.80 Å². The van der Waals surface area contributed by atoms with Gasteiger partial charge in [-0.2, -0.15) is 4.98 Å². The van der Waals surface area contributed by atoms with Crippen LogP contribution in [-0.2, 0) is 9.53 Å². The van der Waals surface area contributed by atoms with E-state index in [4.69, 9.17) is 15.2 Å². The van der Waals surface area contributed by atoms with Gasteiger partial charge in [0.1, 0.15) is 11.9 Å². The Labute approximate surface area is 156 Å². The Morgan fingerprint density at radius 3 is 2.74 bits per heavy atom. The van der Waals surface area contributed by atoms with Crippen LogP contribution in [0.3, 0.4) is 0 Å². The molecule has 2 aliphatic rings. The van der Waals surface area contributed by atoms with Crippen molar-refractivity contribution < 1.29 is 18.7 Å². The minimum atomic E-state index is -0.499. The maximum atomic E-state index is 14.0. The number of hydrogen-bond acceptors (Lipinski definition) is 7. The summed E-state index contributed by atoms with van der Waals surface area (Å²) in [5.74, 6) is 0.369. The molecule has 0 aliphatic carbocycles. The van der Waals surface area contributed by atoms with E-state index in [0.29, 0.717) is 49.6 Å². The van der Waals surface area contributed by atoms with Gasteiger partial charge in [0, 0.05) is 44.2 Å². The molecule has 0 bridgehead atoms. The lowest BCUT2D eigenvalue weighted by atomic mass is 10.2. The molecule has 1 atom stereocenters. The van der Waals surface area contributed by atoms with Crippen LogP contribution < -0.4 is 15.4 Å². The van der Waals surface area contributed by atoms with Gasteiger partial charge in [-0.3, -0.25) is 4.79 Å². The van der Waals surface area contributed by atoms with E-state index in [1.165, 1.54) is 19.2 Å². The second-order valence-electron chi connectivity index (χ2n) is 6.73. The van der Waals surface area contributed by atoms with E-state index in [2.05, 4.69) is 9.97 Å². The van der Waals surface area contributed by atoms with Crippen LogP contribution in [-0.4, -0.2) is 66.8 Å². The van der Waals surface area contributed by atoms with Gasteiger partial charge in [0.25, 0.3) is 5.91 Å². The topological polar surface area (TPSA) is 93.8 Å². The summed E-state index contributed by atoms with van der Waals surface area (Å²) in [5.41, 5.74) is 6.48. The number of fused-ring (bicyclic) bond motifs is 1. The van der Waals surface area contributed by atoms with Crippen molar-refractivity contribution in [2.24, 2.45) is 0 Å². The van der Waals surface area contributed by atoms with E-state index in [-0.39, 0.29) is 23.6 Å². The Bertz CT molecular complexity index is 864. The van der Waals surface area contributed by atoms with Crippen molar-refractivity contribution in [3.63, 3.8) is 0 Å². The van der Waals surface area contributed by atoms with Gasteiger partial charge in [-0.15, -0.1) is 0 Å². The third-order valence-corrected chi connectivity index (χ3v) is 5.07. The standard InChI is InChI=1S/C18H22FN5O3/c1-26-15-9-11-13(10-12(15)19)21-18(22-16(11)20)24-6-4-23(5-7-24)17(25)14-3-2-8-27-14/h9-10,14H,2-8H2,1H3,(H2,20,21,22). The number of aromatic nitrogens is 2. The Balaban J connectivity index is 1.51. The average molecular weight is 375 g/mol. The third-order valence-electron chi connectivity index (χ3n) is 5.07. The van der Waals surface area contributed by atoms with E-state index in [9.17, 15) is 9.18 Å². The molecule has 1 amide bonds. The lowest BCUT2D eigenvalue weighted by Gasteiger charge is -2.35. The largest absolute Gasteiger partial charge is 0.494 e. The zero-order chi connectivity index (χ0) is 19.0. The van der Waals surface area contributed by atoms with E-state index in [0.717, 1.165) is 12.8 Å². The smallest absolute Gasteiger partial charge is 0.251 e. The fourth-order valence-electron chi connectivity index (χ4n) is 3.54. The number of rotatable bonds is 3. The van der Waals surface area contributed by atoms with Gasteiger partial charge in [0.05, 0.1) is 12.6 Å². The summed E-state index contributed by atoms with van der Waals surface area (Å²) >= 11 is 0. The van der Waals surface area contributed by atoms with Crippen LogP contribution in [0.25, 0.3) is 10.9 Å². The molecule has 2 saturated heterocycles. The molecule has 0 radical (unpaired) electrons. The molecule has 2 fully saturated rings. The molecule has 2 aromatic rings. The van der Waals surface area contributed by atoms with Gasteiger partial charge in [-0.25, -0.2) is 9.37 Å². The van der Waals surface area contributed by atoms with Crippen molar-refractivity contribution in [2.75, 3.05) is 50.5 Å². The predicted octanol–water partition coefficient (Wildman–Crippen LogP) is 1.19. The average Bonchev–Trinajstić information content (AvgIpc) is 3.22. The highest BCUT2D eigenvalue weighted by Crippen LogP contribution is 2.28. The van der Waals surface area contributed by atoms with Crippen LogP contribution in [0.5, 0.6) is 5.75 Å². The maximum Gasteiger partial charge on any atom is 0.251 e. The molecule has 2 aliphatic heterocycles. The molecule has 3 heterocycles. The van der Waals surface area contributed by atoms with E-state index in [1.54, 1.807) is 0 Å². The third kappa shape index (κ3) is 3.34. The SMILES string of the molecule is COc1cc2c(N)nc(N3CCN(C(=O)C4CCCO4)CC3)nc2cc1F. The van der Waals surface area contributed by atoms with Gasteiger partial charge in [-0.05, 0) is 18.9 Å². The molecular weight excluding hydrogens is 353 g/mol. The van der Waals surface area contributed by atoms with Crippen LogP contribution in [0.4, 0.5) is 16.2 Å². The molecular formula is C18H22FN5O3. The van der Waals surface area contributed by atoms with E-state index < -0.39 is 5.82 Å². The quantitative estimate of drug-likeness (QED) is 0.861. The Morgan fingerprint density at radius 1 is 1.30 bits per heavy atom. The number of hydrogen-bond donors (Lipinski definition) is 1. The highest BCUT2D eigenvalue weighted by Gasteiger charge is 2.31. The minimum absolute atomic E-state index is 0.0558. The number of methoxy groups -OCH3 is 1. The predicted molar refractivity (Wildman–Crippen MR) is 98.2 cm³/mol. The summed E-state index contributed by atoms with van der Waals surface area (Å²) < 4.78 is 24.5. The second-order valence-corrected chi connectivity index (χ2v) is 6.73. The first-order valence-electron chi connectivity index (χ1n) is 9.03. The molecule has 0 saturated carbocycles. The summed E-state index contributed by atoms with van der Waals surface area (Å²) in [4.78, 5) is 25.0. The second kappa shape index (κ2) is 7.15. The summed E-state index contributed by atoms with van der Waals surface area (Å²) in [5, 5.41) is 0.546. The van der Waals surface area contributed by atoms with Crippen molar-refractivity contribution in [1.29, 1.82) is 0 Å². The number of benzene rings is 1. The number of ether oxygens (including phenoxy) is 2. The van der Waals surface area contributed by atoms with Crippen molar-refractivity contribution in [3.05, 3.63) is 17.9 Å². The molecule has 0 spiro atoms. The zero-order valence-corrected chi connectivity index (χ0v) is 15.2. The van der Waals surface area contributed by atoms with Crippen molar-refractivity contribution in [3.8, 4) is 5.75 Å². The van der Waals surface area contributed by atoms with Crippen molar-refractivity contribution in [2.45, 2.75) is 18.9 Å². The number of anilines is 2. The number of carbonyl (C=O) groups excluding carboxylic acids is 1. The first-order chi connectivity index (χ1) is 13.1. The van der Waals surface area contributed by atoms with Gasteiger partial charge in [0.2, 0.25) is 5.95 Å². The molecule has 27 heavy (non-hydrogen) atoms. The summed E-state index contributed by atoms with van der Waals surface area (Å²) in [6.45, 7) is 2.96. The van der Waals surface area contributed by atoms with Gasteiger partial charge < -0.3 is 25.0 Å². The number of nitrogens with zero attached hydrogens (tertiary/aromatic N) is 4. The van der Waals surface area contributed by atoms with Crippen molar-refractivity contribution in [1.82, 2.24) is 14.9 Å². The lowest BCUT2D eigenvalue weighted by Crippen LogP contribution is -2.51. The minimum Gasteiger partial charge on any atom is -0.494 e. The van der Waals surface area contributed by atoms with Crippen LogP contribution in [0, 0.1) is 5.82 Å². The number of amides is 1. The fourth-order valence-corrected chi connectivity index (χ4v) is 3.54. The monoisotopic (exact) mass is 375 g/mol. The highest BCUT2D eigenvalue weighted by molar-refractivity contribution is 5.90. The highest BCUT2D eigenvalue weighted by atomic mass is 19.1. The fraction of sp³-hybridized carbons (Fsp3) is 0.500.